The summed E-state index contributed by atoms with van der Waals surface area (Å²) in [5.74, 6) is -1.24. The smallest absolute Gasteiger partial charge is 0.324 e. The molecule has 1 aliphatic heterocycles. The number of nitrogens with zero attached hydrogens (tertiary/aromatic N) is 2. The molecule has 0 saturated carbocycles. The minimum Gasteiger partial charge on any atom is -0.324 e. The van der Waals surface area contributed by atoms with E-state index >= 15 is 0 Å². The van der Waals surface area contributed by atoms with Gasteiger partial charge in [0, 0.05) is 16.1 Å². The van der Waals surface area contributed by atoms with Gasteiger partial charge in [0.05, 0.1) is 22.6 Å². The molecule has 1 atom stereocenters. The molecule has 4 rings (SSSR count). The first-order valence-corrected chi connectivity index (χ1v) is 10.7. The molecule has 0 saturated heterocycles. The van der Waals surface area contributed by atoms with Gasteiger partial charge in [0.1, 0.15) is 12.6 Å². The summed E-state index contributed by atoms with van der Waals surface area (Å²) in [5, 5.41) is 2.70. The fourth-order valence-corrected chi connectivity index (χ4v) is 3.93. The number of alkyl halides is 3. The number of anilines is 2. The number of nitrogens with one attached hydrogen (secondary N) is 1. The molecule has 0 aliphatic carbocycles. The summed E-state index contributed by atoms with van der Waals surface area (Å²) < 4.78 is 40.0. The first kappa shape index (κ1) is 23.5. The first-order valence-electron chi connectivity index (χ1n) is 10.4. The molecule has 3 aromatic carbocycles. The van der Waals surface area contributed by atoms with Gasteiger partial charge in [-0.15, -0.1) is 0 Å². The van der Waals surface area contributed by atoms with Gasteiger partial charge in [-0.05, 0) is 37.3 Å². The standard InChI is InChI=1S/C25H19ClF3N3O2/c1-15-24(34)32(14-22(33)31-20-10-6-5-9-19(20)25(27,28)29)21-12-11-17(26)13-18(21)23(30-15)16-7-3-2-4-8-16/h2-13,15H,14H2,1H3,(H,31,33). The van der Waals surface area contributed by atoms with E-state index in [4.69, 9.17) is 11.6 Å². The zero-order chi connectivity index (χ0) is 24.5. The molecule has 0 spiro atoms. The minimum absolute atomic E-state index is 0.382. The highest BCUT2D eigenvalue weighted by atomic mass is 35.5. The molecular weight excluding hydrogens is 467 g/mol. The molecule has 1 unspecified atom stereocenters. The van der Waals surface area contributed by atoms with Crippen molar-refractivity contribution in [3.63, 3.8) is 0 Å². The Morgan fingerprint density at radius 3 is 2.44 bits per heavy atom. The number of aliphatic imine (C=N–C) groups is 1. The second-order valence-corrected chi connectivity index (χ2v) is 8.13. The third-order valence-corrected chi connectivity index (χ3v) is 5.54. The van der Waals surface area contributed by atoms with E-state index in [1.807, 2.05) is 30.3 Å². The Bertz CT molecular complexity index is 1280. The molecule has 174 valence electrons. The van der Waals surface area contributed by atoms with Crippen molar-refractivity contribution in [1.82, 2.24) is 0 Å². The number of halogens is 4. The van der Waals surface area contributed by atoms with Gasteiger partial charge in [-0.1, -0.05) is 54.1 Å². The van der Waals surface area contributed by atoms with Gasteiger partial charge in [-0.3, -0.25) is 14.6 Å². The Morgan fingerprint density at radius 2 is 1.74 bits per heavy atom. The van der Waals surface area contributed by atoms with Crippen LogP contribution in [-0.4, -0.2) is 30.1 Å². The largest absolute Gasteiger partial charge is 0.418 e. The second kappa shape index (κ2) is 9.30. The Morgan fingerprint density at radius 1 is 1.06 bits per heavy atom. The topological polar surface area (TPSA) is 61.8 Å². The number of amides is 2. The van der Waals surface area contributed by atoms with Crippen LogP contribution in [0.4, 0.5) is 24.5 Å². The Kier molecular flexibility index (Phi) is 6.43. The lowest BCUT2D eigenvalue weighted by Gasteiger charge is -2.24. The number of fused-ring (bicyclic) bond motifs is 1. The van der Waals surface area contributed by atoms with Gasteiger partial charge in [0.2, 0.25) is 5.91 Å². The van der Waals surface area contributed by atoms with Crippen molar-refractivity contribution in [3.05, 3.63) is 94.5 Å². The predicted molar refractivity (Wildman–Crippen MR) is 125 cm³/mol. The minimum atomic E-state index is -4.64. The molecule has 3 aromatic rings. The number of carbonyl (C=O) groups excluding carboxylic acids is 2. The molecule has 0 aromatic heterocycles. The lowest BCUT2D eigenvalue weighted by Crippen LogP contribution is -2.42. The summed E-state index contributed by atoms with van der Waals surface area (Å²) in [6.45, 7) is 1.10. The van der Waals surface area contributed by atoms with E-state index in [0.717, 1.165) is 17.7 Å². The number of hydrogen-bond acceptors (Lipinski definition) is 3. The van der Waals surface area contributed by atoms with Crippen LogP contribution >= 0.6 is 11.6 Å². The van der Waals surface area contributed by atoms with Gasteiger partial charge in [-0.25, -0.2) is 0 Å². The van der Waals surface area contributed by atoms with Gasteiger partial charge in [-0.2, -0.15) is 13.2 Å². The van der Waals surface area contributed by atoms with E-state index in [-0.39, 0.29) is 5.69 Å². The Balaban J connectivity index is 1.70. The molecule has 34 heavy (non-hydrogen) atoms. The quantitative estimate of drug-likeness (QED) is 0.525. The molecule has 0 fully saturated rings. The Hall–Kier alpha value is -3.65. The van der Waals surface area contributed by atoms with E-state index in [1.165, 1.54) is 17.0 Å². The SMILES string of the molecule is CC1N=C(c2ccccc2)c2cc(Cl)ccc2N(CC(=O)Nc2ccccc2C(F)(F)F)C1=O. The summed E-state index contributed by atoms with van der Waals surface area (Å²) in [4.78, 5) is 31.8. The van der Waals surface area contributed by atoms with Gasteiger partial charge in [0.15, 0.2) is 0 Å². The van der Waals surface area contributed by atoms with Crippen molar-refractivity contribution in [2.45, 2.75) is 19.1 Å². The molecule has 2 amide bonds. The van der Waals surface area contributed by atoms with Crippen molar-refractivity contribution < 1.29 is 22.8 Å². The third kappa shape index (κ3) is 4.82. The number of para-hydroxylation sites is 1. The molecule has 0 radical (unpaired) electrons. The van der Waals surface area contributed by atoms with Crippen LogP contribution in [0.3, 0.4) is 0 Å². The first-order chi connectivity index (χ1) is 16.1. The molecule has 9 heteroatoms. The molecule has 1 N–H and O–H groups in total. The van der Waals surface area contributed by atoms with E-state index in [0.29, 0.717) is 22.0 Å². The van der Waals surface area contributed by atoms with Gasteiger partial charge < -0.3 is 10.2 Å². The van der Waals surface area contributed by atoms with E-state index in [9.17, 15) is 22.8 Å². The molecule has 0 bridgehead atoms. The number of rotatable bonds is 4. The van der Waals surface area contributed by atoms with Crippen LogP contribution < -0.4 is 10.2 Å². The normalized spacial score (nSPS) is 15.9. The van der Waals surface area contributed by atoms with Crippen molar-refractivity contribution in [2.24, 2.45) is 4.99 Å². The summed E-state index contributed by atoms with van der Waals surface area (Å²) >= 11 is 6.23. The number of carbonyl (C=O) groups is 2. The van der Waals surface area contributed by atoms with Crippen LogP contribution in [0.5, 0.6) is 0 Å². The summed E-state index contributed by atoms with van der Waals surface area (Å²) in [5.41, 5.74) is 0.870. The van der Waals surface area contributed by atoms with Crippen LogP contribution in [0.25, 0.3) is 0 Å². The zero-order valence-corrected chi connectivity index (χ0v) is 18.7. The highest BCUT2D eigenvalue weighted by molar-refractivity contribution is 6.32. The maximum atomic E-state index is 13.3. The van der Waals surface area contributed by atoms with E-state index in [2.05, 4.69) is 10.3 Å². The summed E-state index contributed by atoms with van der Waals surface area (Å²) in [6.07, 6.45) is -4.64. The average Bonchev–Trinajstić information content (AvgIpc) is 2.89. The summed E-state index contributed by atoms with van der Waals surface area (Å²) in [7, 11) is 0. The molecular formula is C25H19ClF3N3O2. The fraction of sp³-hybridized carbons (Fsp3) is 0.160. The average molecular weight is 486 g/mol. The molecule has 1 heterocycles. The van der Waals surface area contributed by atoms with Crippen LogP contribution in [0.2, 0.25) is 5.02 Å². The van der Waals surface area contributed by atoms with Crippen molar-refractivity contribution in [3.8, 4) is 0 Å². The maximum absolute atomic E-state index is 13.3. The van der Waals surface area contributed by atoms with Crippen LogP contribution in [0.1, 0.15) is 23.6 Å². The van der Waals surface area contributed by atoms with Gasteiger partial charge >= 0.3 is 6.18 Å². The summed E-state index contributed by atoms with van der Waals surface area (Å²) in [6, 6.07) is 17.9. The highest BCUT2D eigenvalue weighted by Gasteiger charge is 2.35. The van der Waals surface area contributed by atoms with Crippen molar-refractivity contribution >= 4 is 40.5 Å². The van der Waals surface area contributed by atoms with Crippen molar-refractivity contribution in [1.29, 1.82) is 0 Å². The zero-order valence-electron chi connectivity index (χ0n) is 17.9. The monoisotopic (exact) mass is 485 g/mol. The third-order valence-electron chi connectivity index (χ3n) is 5.31. The van der Waals surface area contributed by atoms with Crippen LogP contribution in [0, 0.1) is 0 Å². The lowest BCUT2D eigenvalue weighted by molar-refractivity contribution is -0.137. The predicted octanol–water partition coefficient (Wildman–Crippen LogP) is 5.57. The lowest BCUT2D eigenvalue weighted by atomic mass is 10.00. The number of hydrogen-bond donors (Lipinski definition) is 1. The van der Waals surface area contributed by atoms with Crippen LogP contribution in [-0.2, 0) is 15.8 Å². The maximum Gasteiger partial charge on any atom is 0.418 e. The number of benzodiazepines with no additional fused rings is 1. The second-order valence-electron chi connectivity index (χ2n) is 7.70. The molecule has 5 nitrogen and oxygen atoms in total. The molecule has 1 aliphatic rings. The van der Waals surface area contributed by atoms with Crippen LogP contribution in [0.15, 0.2) is 77.8 Å². The van der Waals surface area contributed by atoms with E-state index in [1.54, 1.807) is 25.1 Å². The highest BCUT2D eigenvalue weighted by Crippen LogP contribution is 2.35. The Labute approximate surface area is 198 Å². The number of benzene rings is 3. The fourth-order valence-electron chi connectivity index (χ4n) is 3.76. The van der Waals surface area contributed by atoms with Crippen molar-refractivity contribution in [2.75, 3.05) is 16.8 Å². The van der Waals surface area contributed by atoms with E-state index < -0.39 is 36.1 Å². The van der Waals surface area contributed by atoms with Gasteiger partial charge in [0.25, 0.3) is 5.91 Å².